The molecule has 1 heterocycles. The minimum Gasteiger partial charge on any atom is -0.388 e. The maximum absolute atomic E-state index is 9.97. The third-order valence-corrected chi connectivity index (χ3v) is 4.00. The van der Waals surface area contributed by atoms with Crippen molar-refractivity contribution < 1.29 is 5.11 Å². The van der Waals surface area contributed by atoms with Crippen molar-refractivity contribution in [1.82, 2.24) is 0 Å². The molecule has 1 N–H and O–H groups in total. The summed E-state index contributed by atoms with van der Waals surface area (Å²) in [6, 6.07) is 0. The number of halogens is 1. The topological polar surface area (TPSA) is 20.2 Å². The van der Waals surface area contributed by atoms with Crippen LogP contribution in [-0.2, 0) is 0 Å². The molecule has 1 aromatic rings. The molecule has 0 aliphatic rings. The molecular weight excluding hydrogens is 248 g/mol. The highest BCUT2D eigenvalue weighted by atomic mass is 79.9. The van der Waals surface area contributed by atoms with Crippen LogP contribution in [0.2, 0.25) is 0 Å². The highest BCUT2D eigenvalue weighted by molar-refractivity contribution is 9.10. The smallest absolute Gasteiger partial charge is 0.0834 e. The van der Waals surface area contributed by atoms with E-state index in [0.29, 0.717) is 5.92 Å². The maximum atomic E-state index is 9.97. The van der Waals surface area contributed by atoms with Crippen molar-refractivity contribution in [3.63, 3.8) is 0 Å². The zero-order valence-electron chi connectivity index (χ0n) is 7.96. The van der Waals surface area contributed by atoms with Crippen molar-refractivity contribution in [3.05, 3.63) is 20.8 Å². The maximum Gasteiger partial charge on any atom is 0.0834 e. The van der Waals surface area contributed by atoms with Crippen LogP contribution in [0.5, 0.6) is 0 Å². The molecule has 2 unspecified atom stereocenters. The summed E-state index contributed by atoms with van der Waals surface area (Å²) in [5.74, 6) is 0.343. The molecule has 3 heteroatoms. The Morgan fingerprint density at radius 3 is 2.69 bits per heavy atom. The van der Waals surface area contributed by atoms with Gasteiger partial charge in [0.05, 0.1) is 6.10 Å². The molecule has 1 rings (SSSR count). The second kappa shape index (κ2) is 5.13. The lowest BCUT2D eigenvalue weighted by molar-refractivity contribution is 0.112. The van der Waals surface area contributed by atoms with Gasteiger partial charge >= 0.3 is 0 Å². The van der Waals surface area contributed by atoms with Crippen LogP contribution in [0.4, 0.5) is 0 Å². The van der Waals surface area contributed by atoms with E-state index in [0.717, 1.165) is 22.9 Å². The highest BCUT2D eigenvalue weighted by Gasteiger charge is 2.18. The molecular formula is C10H15BrOS. The van der Waals surface area contributed by atoms with Crippen LogP contribution in [0.3, 0.4) is 0 Å². The third-order valence-electron chi connectivity index (χ3n) is 2.24. The van der Waals surface area contributed by atoms with Gasteiger partial charge in [0.15, 0.2) is 0 Å². The molecule has 0 saturated heterocycles. The molecule has 0 bridgehead atoms. The van der Waals surface area contributed by atoms with Gasteiger partial charge in [-0.25, -0.2) is 0 Å². The number of hydrogen-bond donors (Lipinski definition) is 1. The first-order chi connectivity index (χ1) is 6.16. The molecule has 2 atom stereocenters. The summed E-state index contributed by atoms with van der Waals surface area (Å²) in [5.41, 5.74) is 1.03. The average Bonchev–Trinajstić information content (AvgIpc) is 2.50. The van der Waals surface area contributed by atoms with E-state index in [1.165, 1.54) is 0 Å². The van der Waals surface area contributed by atoms with Gasteiger partial charge in [-0.3, -0.25) is 0 Å². The molecule has 0 amide bonds. The Morgan fingerprint density at radius 1 is 1.54 bits per heavy atom. The largest absolute Gasteiger partial charge is 0.388 e. The molecule has 0 radical (unpaired) electrons. The lowest BCUT2D eigenvalue weighted by Gasteiger charge is -2.17. The minimum atomic E-state index is -0.319. The molecule has 0 aromatic carbocycles. The molecule has 0 aliphatic heterocycles. The van der Waals surface area contributed by atoms with Crippen molar-refractivity contribution in [1.29, 1.82) is 0 Å². The summed E-state index contributed by atoms with van der Waals surface area (Å²) in [5, 5.41) is 14.0. The van der Waals surface area contributed by atoms with E-state index in [9.17, 15) is 5.11 Å². The van der Waals surface area contributed by atoms with Crippen molar-refractivity contribution >= 4 is 27.3 Å². The Labute approximate surface area is 91.9 Å². The Bertz CT molecular complexity index is 259. The third kappa shape index (κ3) is 2.79. The SMILES string of the molecule is CCCC(C)C(O)c1cscc1Br. The highest BCUT2D eigenvalue weighted by Crippen LogP contribution is 2.33. The number of hydrogen-bond acceptors (Lipinski definition) is 2. The van der Waals surface area contributed by atoms with Gasteiger partial charge in [-0.1, -0.05) is 20.3 Å². The van der Waals surface area contributed by atoms with Gasteiger partial charge in [-0.15, -0.1) is 0 Å². The summed E-state index contributed by atoms with van der Waals surface area (Å²) < 4.78 is 1.04. The molecule has 1 nitrogen and oxygen atoms in total. The molecule has 74 valence electrons. The van der Waals surface area contributed by atoms with Crippen LogP contribution in [0.15, 0.2) is 15.2 Å². The Morgan fingerprint density at radius 2 is 2.23 bits per heavy atom. The van der Waals surface area contributed by atoms with Crippen molar-refractivity contribution in [2.45, 2.75) is 32.8 Å². The summed E-state index contributed by atoms with van der Waals surface area (Å²) >= 11 is 5.06. The lowest BCUT2D eigenvalue weighted by Crippen LogP contribution is -2.08. The van der Waals surface area contributed by atoms with Gasteiger partial charge in [0.25, 0.3) is 0 Å². The Kier molecular flexibility index (Phi) is 4.42. The number of aliphatic hydroxyl groups is 1. The van der Waals surface area contributed by atoms with Gasteiger partial charge < -0.3 is 5.11 Å². The first kappa shape index (κ1) is 11.2. The molecule has 13 heavy (non-hydrogen) atoms. The fourth-order valence-electron chi connectivity index (χ4n) is 1.42. The van der Waals surface area contributed by atoms with Crippen LogP contribution >= 0.6 is 27.3 Å². The molecule has 0 spiro atoms. The van der Waals surface area contributed by atoms with E-state index < -0.39 is 0 Å². The van der Waals surface area contributed by atoms with Crippen molar-refractivity contribution in [3.8, 4) is 0 Å². The van der Waals surface area contributed by atoms with Crippen LogP contribution in [-0.4, -0.2) is 5.11 Å². The molecule has 0 saturated carbocycles. The zero-order valence-corrected chi connectivity index (χ0v) is 10.4. The predicted octanol–water partition coefficient (Wildman–Crippen LogP) is 3.98. The fraction of sp³-hybridized carbons (Fsp3) is 0.600. The summed E-state index contributed by atoms with van der Waals surface area (Å²) in [4.78, 5) is 0. The Hall–Kier alpha value is 0.140. The second-order valence-electron chi connectivity index (χ2n) is 3.39. The van der Waals surface area contributed by atoms with Gasteiger partial charge in [0.1, 0.15) is 0 Å². The van der Waals surface area contributed by atoms with Crippen LogP contribution < -0.4 is 0 Å². The van der Waals surface area contributed by atoms with E-state index in [1.807, 2.05) is 10.8 Å². The zero-order chi connectivity index (χ0) is 9.84. The number of aliphatic hydroxyl groups excluding tert-OH is 1. The van der Waals surface area contributed by atoms with Crippen LogP contribution in [0.25, 0.3) is 0 Å². The van der Waals surface area contributed by atoms with Crippen LogP contribution in [0.1, 0.15) is 38.4 Å². The summed E-state index contributed by atoms with van der Waals surface area (Å²) in [6.45, 7) is 4.24. The number of rotatable bonds is 4. The van der Waals surface area contributed by atoms with Gasteiger partial charge in [0.2, 0.25) is 0 Å². The van der Waals surface area contributed by atoms with Gasteiger partial charge in [0, 0.05) is 15.4 Å². The van der Waals surface area contributed by atoms with Crippen molar-refractivity contribution in [2.75, 3.05) is 0 Å². The Balaban J connectivity index is 2.67. The second-order valence-corrected chi connectivity index (χ2v) is 4.98. The minimum absolute atomic E-state index is 0.319. The lowest BCUT2D eigenvalue weighted by atomic mass is 9.95. The standard InChI is InChI=1S/C10H15BrOS/c1-3-4-7(2)10(12)8-5-13-6-9(8)11/h5-7,10,12H,3-4H2,1-2H3. The molecule has 0 aliphatic carbocycles. The first-order valence-corrected chi connectivity index (χ1v) is 6.30. The number of thiophene rings is 1. The molecule has 1 aromatic heterocycles. The normalized spacial score (nSPS) is 15.7. The fourth-order valence-corrected chi connectivity index (χ4v) is 2.98. The van der Waals surface area contributed by atoms with E-state index >= 15 is 0 Å². The predicted molar refractivity (Wildman–Crippen MR) is 61.1 cm³/mol. The quantitative estimate of drug-likeness (QED) is 0.871. The molecule has 0 fully saturated rings. The van der Waals surface area contributed by atoms with E-state index in [-0.39, 0.29) is 6.10 Å². The first-order valence-electron chi connectivity index (χ1n) is 4.56. The van der Waals surface area contributed by atoms with Gasteiger partial charge in [-0.05, 0) is 33.6 Å². The van der Waals surface area contributed by atoms with Crippen LogP contribution in [0, 0.1) is 5.92 Å². The van der Waals surface area contributed by atoms with Crippen molar-refractivity contribution in [2.24, 2.45) is 5.92 Å². The van der Waals surface area contributed by atoms with Gasteiger partial charge in [-0.2, -0.15) is 11.3 Å². The van der Waals surface area contributed by atoms with E-state index in [1.54, 1.807) is 11.3 Å². The summed E-state index contributed by atoms with van der Waals surface area (Å²) in [6.07, 6.45) is 1.88. The summed E-state index contributed by atoms with van der Waals surface area (Å²) in [7, 11) is 0. The van der Waals surface area contributed by atoms with E-state index in [4.69, 9.17) is 0 Å². The monoisotopic (exact) mass is 262 g/mol. The average molecular weight is 263 g/mol. The van der Waals surface area contributed by atoms with E-state index in [2.05, 4.69) is 29.8 Å².